The molecule has 1 aromatic carbocycles. The number of hydrogen-bond donors (Lipinski definition) is 3. The Kier molecular flexibility index (Phi) is 8.63. The van der Waals surface area contributed by atoms with Crippen LogP contribution < -0.4 is 16.4 Å². The molecule has 4 N–H and O–H groups in total. The van der Waals surface area contributed by atoms with Crippen molar-refractivity contribution in [2.75, 3.05) is 5.32 Å². The van der Waals surface area contributed by atoms with E-state index in [-0.39, 0.29) is 17.7 Å². The monoisotopic (exact) mass is 425 g/mol. The summed E-state index contributed by atoms with van der Waals surface area (Å²) < 4.78 is 0. The number of anilines is 1. The van der Waals surface area contributed by atoms with Crippen LogP contribution in [0, 0.1) is 12.8 Å². The SMILES string of the molecule is C[Se]CC[C@H](N)C(=O)N[C@H](C(=O)Nc1ccc(C)cc1)C1CCCCC1. The Morgan fingerprint density at radius 1 is 1.15 bits per heavy atom. The van der Waals surface area contributed by atoms with E-state index in [1.807, 2.05) is 31.2 Å². The second-order valence-corrected chi connectivity index (χ2v) is 9.20. The third-order valence-corrected chi connectivity index (χ3v) is 6.34. The zero-order chi connectivity index (χ0) is 18.9. The molecule has 6 heteroatoms. The number of rotatable bonds is 8. The van der Waals surface area contributed by atoms with E-state index in [1.165, 1.54) is 6.42 Å². The summed E-state index contributed by atoms with van der Waals surface area (Å²) in [6.07, 6.45) is 6.05. The van der Waals surface area contributed by atoms with Crippen LogP contribution in [0.2, 0.25) is 11.1 Å². The van der Waals surface area contributed by atoms with Crippen LogP contribution in [0.5, 0.6) is 0 Å². The van der Waals surface area contributed by atoms with Crippen molar-refractivity contribution in [1.82, 2.24) is 5.32 Å². The van der Waals surface area contributed by atoms with Crippen LogP contribution in [0.3, 0.4) is 0 Å². The van der Waals surface area contributed by atoms with Gasteiger partial charge >= 0.3 is 156 Å². The van der Waals surface area contributed by atoms with Gasteiger partial charge in [-0.1, -0.05) is 0 Å². The Morgan fingerprint density at radius 2 is 1.81 bits per heavy atom. The molecule has 1 saturated carbocycles. The normalized spacial score (nSPS) is 17.3. The molecule has 1 fully saturated rings. The summed E-state index contributed by atoms with van der Waals surface area (Å²) in [5.74, 6) is 1.97. The minimum absolute atomic E-state index is 0.138. The maximum atomic E-state index is 12.9. The van der Waals surface area contributed by atoms with Gasteiger partial charge in [-0.2, -0.15) is 0 Å². The number of hydrogen-bond acceptors (Lipinski definition) is 3. The van der Waals surface area contributed by atoms with Crippen molar-refractivity contribution < 1.29 is 9.59 Å². The van der Waals surface area contributed by atoms with Gasteiger partial charge in [-0.15, -0.1) is 0 Å². The van der Waals surface area contributed by atoms with Gasteiger partial charge in [0.2, 0.25) is 0 Å². The zero-order valence-corrected chi connectivity index (χ0v) is 17.5. The van der Waals surface area contributed by atoms with E-state index < -0.39 is 12.1 Å². The molecule has 2 amide bonds. The number of carbonyl (C=O) groups excluding carboxylic acids is 2. The molecule has 1 aliphatic carbocycles. The van der Waals surface area contributed by atoms with E-state index >= 15 is 0 Å². The van der Waals surface area contributed by atoms with Crippen LogP contribution in [0.1, 0.15) is 44.1 Å². The predicted molar refractivity (Wildman–Crippen MR) is 107 cm³/mol. The van der Waals surface area contributed by atoms with Crippen molar-refractivity contribution >= 4 is 32.5 Å². The zero-order valence-electron chi connectivity index (χ0n) is 15.8. The first kappa shape index (κ1) is 20.9. The Balaban J connectivity index is 2.05. The molecule has 5 nitrogen and oxygen atoms in total. The standard InChI is InChI=1S/C20H31N3O2Se/c1-14-8-10-16(11-9-14)22-20(25)18(15-6-4-3-5-7-15)23-19(24)17(21)12-13-26-2/h8-11,15,17-18H,3-7,12-13,21H2,1-2H3,(H,22,25)(H,23,24)/t17-,18-/m0/s1. The van der Waals surface area contributed by atoms with Crippen molar-refractivity contribution in [2.45, 2.75) is 68.7 Å². The summed E-state index contributed by atoms with van der Waals surface area (Å²) in [5, 5.41) is 6.90. The van der Waals surface area contributed by atoms with Crippen molar-refractivity contribution in [3.05, 3.63) is 29.8 Å². The third-order valence-electron chi connectivity index (χ3n) is 4.99. The number of benzene rings is 1. The van der Waals surface area contributed by atoms with Gasteiger partial charge in [0.25, 0.3) is 0 Å². The summed E-state index contributed by atoms with van der Waals surface area (Å²) in [7, 11) is 0. The van der Waals surface area contributed by atoms with Gasteiger partial charge in [0.15, 0.2) is 0 Å². The summed E-state index contributed by atoms with van der Waals surface area (Å²) in [5.41, 5.74) is 7.92. The fourth-order valence-electron chi connectivity index (χ4n) is 3.36. The molecule has 0 unspecified atom stereocenters. The molecule has 2 atom stereocenters. The minimum atomic E-state index is -0.532. The van der Waals surface area contributed by atoms with E-state index in [1.54, 1.807) is 0 Å². The molecular weight excluding hydrogens is 393 g/mol. The molecule has 2 rings (SSSR count). The summed E-state index contributed by atoms with van der Waals surface area (Å²) in [6, 6.07) is 6.67. The predicted octanol–water partition coefficient (Wildman–Crippen LogP) is 2.89. The van der Waals surface area contributed by atoms with E-state index in [2.05, 4.69) is 16.5 Å². The molecule has 0 aliphatic heterocycles. The maximum absolute atomic E-state index is 12.9. The van der Waals surface area contributed by atoms with Crippen molar-refractivity contribution in [2.24, 2.45) is 11.7 Å². The second kappa shape index (κ2) is 10.7. The quantitative estimate of drug-likeness (QED) is 0.561. The number of aryl methyl sites for hydroxylation is 1. The fraction of sp³-hybridized carbons (Fsp3) is 0.600. The first-order chi connectivity index (χ1) is 12.5. The molecule has 0 aromatic heterocycles. The van der Waals surface area contributed by atoms with Crippen molar-refractivity contribution in [3.63, 3.8) is 0 Å². The van der Waals surface area contributed by atoms with Gasteiger partial charge in [-0.3, -0.25) is 0 Å². The molecule has 0 bridgehead atoms. The Labute approximate surface area is 163 Å². The molecule has 1 aromatic rings. The van der Waals surface area contributed by atoms with E-state index in [0.717, 1.165) is 42.3 Å². The molecular formula is C20H31N3O2Se. The third kappa shape index (κ3) is 6.42. The molecule has 0 spiro atoms. The summed E-state index contributed by atoms with van der Waals surface area (Å²) in [4.78, 5) is 25.4. The van der Waals surface area contributed by atoms with Crippen LogP contribution in [-0.4, -0.2) is 38.9 Å². The van der Waals surface area contributed by atoms with Gasteiger partial charge in [-0.25, -0.2) is 0 Å². The summed E-state index contributed by atoms with van der Waals surface area (Å²) in [6.45, 7) is 2.01. The van der Waals surface area contributed by atoms with Crippen LogP contribution >= 0.6 is 0 Å². The topological polar surface area (TPSA) is 84.2 Å². The van der Waals surface area contributed by atoms with Crippen molar-refractivity contribution in [1.29, 1.82) is 0 Å². The average Bonchev–Trinajstić information content (AvgIpc) is 2.66. The first-order valence-electron chi connectivity index (χ1n) is 9.43. The van der Waals surface area contributed by atoms with Crippen LogP contribution in [-0.2, 0) is 9.59 Å². The fourth-order valence-corrected chi connectivity index (χ4v) is 4.39. The molecule has 0 saturated heterocycles. The Morgan fingerprint density at radius 3 is 2.42 bits per heavy atom. The molecule has 26 heavy (non-hydrogen) atoms. The Bertz CT molecular complexity index is 585. The van der Waals surface area contributed by atoms with Gasteiger partial charge in [0.05, 0.1) is 0 Å². The number of amides is 2. The van der Waals surface area contributed by atoms with Crippen LogP contribution in [0.15, 0.2) is 24.3 Å². The van der Waals surface area contributed by atoms with E-state index in [0.29, 0.717) is 21.4 Å². The van der Waals surface area contributed by atoms with Crippen LogP contribution in [0.4, 0.5) is 5.69 Å². The number of carbonyl (C=O) groups is 2. The number of nitrogens with two attached hydrogens (primary N) is 1. The second-order valence-electron chi connectivity index (χ2n) is 7.13. The van der Waals surface area contributed by atoms with E-state index in [9.17, 15) is 9.59 Å². The van der Waals surface area contributed by atoms with Crippen LogP contribution in [0.25, 0.3) is 0 Å². The molecule has 0 radical (unpaired) electrons. The van der Waals surface area contributed by atoms with E-state index in [4.69, 9.17) is 5.73 Å². The summed E-state index contributed by atoms with van der Waals surface area (Å²) >= 11 is 0.503. The molecule has 0 heterocycles. The molecule has 144 valence electrons. The Hall–Kier alpha value is -1.36. The molecule has 1 aliphatic rings. The first-order valence-corrected chi connectivity index (χ1v) is 12.4. The van der Waals surface area contributed by atoms with Gasteiger partial charge in [-0.05, 0) is 6.92 Å². The van der Waals surface area contributed by atoms with Gasteiger partial charge in [0, 0.05) is 0 Å². The number of nitrogens with one attached hydrogen (secondary N) is 2. The van der Waals surface area contributed by atoms with Crippen molar-refractivity contribution in [3.8, 4) is 0 Å². The van der Waals surface area contributed by atoms with Gasteiger partial charge in [0.1, 0.15) is 0 Å². The van der Waals surface area contributed by atoms with Gasteiger partial charge < -0.3 is 0 Å². The average molecular weight is 424 g/mol.